The van der Waals surface area contributed by atoms with Gasteiger partial charge in [0.2, 0.25) is 5.91 Å². The minimum Gasteiger partial charge on any atom is -0.277 e. The number of amides is 1. The summed E-state index contributed by atoms with van der Waals surface area (Å²) in [5, 5.41) is 0. The van der Waals surface area contributed by atoms with Crippen molar-refractivity contribution in [2.75, 3.05) is 5.75 Å². The van der Waals surface area contributed by atoms with Crippen LogP contribution in [0.5, 0.6) is 0 Å². The van der Waals surface area contributed by atoms with Crippen LogP contribution in [0.15, 0.2) is 58.3 Å². The van der Waals surface area contributed by atoms with Gasteiger partial charge in [0.15, 0.2) is 0 Å². The van der Waals surface area contributed by atoms with Gasteiger partial charge in [0.1, 0.15) is 11.6 Å². The van der Waals surface area contributed by atoms with Crippen LogP contribution in [0.25, 0.3) is 0 Å². The maximum absolute atomic E-state index is 13.4. The normalized spacial score (nSPS) is 11.2. The van der Waals surface area contributed by atoms with E-state index in [0.29, 0.717) is 0 Å². The van der Waals surface area contributed by atoms with Crippen LogP contribution in [-0.4, -0.2) is 20.1 Å². The van der Waals surface area contributed by atoms with Crippen molar-refractivity contribution in [2.45, 2.75) is 9.79 Å². The quantitative estimate of drug-likeness (QED) is 0.612. The molecule has 5 nitrogen and oxygen atoms in total. The third-order valence-corrected chi connectivity index (χ3v) is 4.96. The number of carbonyl (C=O) groups excluding carboxylic acids is 1. The lowest BCUT2D eigenvalue weighted by Gasteiger charge is -2.08. The Kier molecular flexibility index (Phi) is 5.69. The highest BCUT2D eigenvalue weighted by Crippen LogP contribution is 2.20. The van der Waals surface area contributed by atoms with Crippen molar-refractivity contribution in [3.63, 3.8) is 0 Å². The van der Waals surface area contributed by atoms with Gasteiger partial charge in [-0.1, -0.05) is 12.1 Å². The van der Waals surface area contributed by atoms with Gasteiger partial charge >= 0.3 is 0 Å². The number of carbonyl (C=O) groups is 1. The van der Waals surface area contributed by atoms with Crippen LogP contribution in [0.2, 0.25) is 0 Å². The highest BCUT2D eigenvalue weighted by molar-refractivity contribution is 8.00. The monoisotopic (exact) mass is 358 g/mol. The highest BCUT2D eigenvalue weighted by atomic mass is 32.2. The molecule has 2 aromatic rings. The lowest BCUT2D eigenvalue weighted by molar-refractivity contribution is -0.119. The van der Waals surface area contributed by atoms with Gasteiger partial charge in [-0.25, -0.2) is 17.2 Å². The van der Waals surface area contributed by atoms with E-state index in [2.05, 4.69) is 0 Å². The number of thioether (sulfide) groups is 1. The second kappa shape index (κ2) is 7.53. The Morgan fingerprint density at radius 3 is 2.35 bits per heavy atom. The van der Waals surface area contributed by atoms with Crippen molar-refractivity contribution in [1.29, 1.82) is 0 Å². The van der Waals surface area contributed by atoms with E-state index in [9.17, 15) is 22.0 Å². The van der Waals surface area contributed by atoms with Gasteiger partial charge in [-0.05, 0) is 36.4 Å². The van der Waals surface area contributed by atoms with Crippen LogP contribution < -0.4 is 10.3 Å². The maximum atomic E-state index is 13.4. The first-order valence-corrected chi connectivity index (χ1v) is 8.79. The molecule has 0 fully saturated rings. The number of benzene rings is 2. The SMILES string of the molecule is O=C(CSc1ccccc1F)NNS(=O)(=O)c1ccc(F)cc1. The summed E-state index contributed by atoms with van der Waals surface area (Å²) in [5.41, 5.74) is 2.01. The van der Waals surface area contributed by atoms with Crippen LogP contribution in [0.3, 0.4) is 0 Å². The molecule has 0 radical (unpaired) electrons. The van der Waals surface area contributed by atoms with Crippen LogP contribution >= 0.6 is 11.8 Å². The molecule has 23 heavy (non-hydrogen) atoms. The fourth-order valence-electron chi connectivity index (χ4n) is 1.54. The zero-order valence-electron chi connectivity index (χ0n) is 11.6. The van der Waals surface area contributed by atoms with Crippen molar-refractivity contribution in [1.82, 2.24) is 10.3 Å². The van der Waals surface area contributed by atoms with Crippen molar-refractivity contribution >= 4 is 27.7 Å². The maximum Gasteiger partial charge on any atom is 0.257 e. The average molecular weight is 358 g/mol. The summed E-state index contributed by atoms with van der Waals surface area (Å²) in [6.07, 6.45) is 0. The van der Waals surface area contributed by atoms with Gasteiger partial charge in [-0.3, -0.25) is 10.2 Å². The minimum absolute atomic E-state index is 0.174. The Morgan fingerprint density at radius 2 is 1.70 bits per heavy atom. The van der Waals surface area contributed by atoms with Gasteiger partial charge in [0.25, 0.3) is 10.0 Å². The predicted octanol–water partition coefficient (Wildman–Crippen LogP) is 2.07. The van der Waals surface area contributed by atoms with Crippen LogP contribution in [0.4, 0.5) is 8.78 Å². The molecule has 0 atom stereocenters. The molecule has 2 N–H and O–H groups in total. The van der Waals surface area contributed by atoms with E-state index in [1.54, 1.807) is 6.07 Å². The minimum atomic E-state index is -4.00. The molecular weight excluding hydrogens is 346 g/mol. The molecule has 0 aliphatic rings. The largest absolute Gasteiger partial charge is 0.277 e. The molecular formula is C14H12F2N2O3S2. The van der Waals surface area contributed by atoms with E-state index in [4.69, 9.17) is 0 Å². The number of hydrazine groups is 1. The number of sulfonamides is 1. The van der Waals surface area contributed by atoms with Crippen molar-refractivity contribution < 1.29 is 22.0 Å². The molecule has 122 valence electrons. The lowest BCUT2D eigenvalue weighted by Crippen LogP contribution is -2.42. The number of halogens is 2. The molecule has 0 aromatic heterocycles. The van der Waals surface area contributed by atoms with E-state index >= 15 is 0 Å². The van der Waals surface area contributed by atoms with E-state index in [1.165, 1.54) is 18.2 Å². The van der Waals surface area contributed by atoms with Crippen LogP contribution in [0.1, 0.15) is 0 Å². The van der Waals surface area contributed by atoms with Crippen LogP contribution in [0, 0.1) is 11.6 Å². The first-order valence-electron chi connectivity index (χ1n) is 6.32. The number of nitrogens with one attached hydrogen (secondary N) is 2. The second-order valence-corrected chi connectivity index (χ2v) is 7.03. The Hall–Kier alpha value is -1.97. The Bertz CT molecular complexity index is 796. The van der Waals surface area contributed by atoms with Gasteiger partial charge < -0.3 is 0 Å². The molecule has 0 aliphatic heterocycles. The molecule has 0 spiro atoms. The summed E-state index contributed by atoms with van der Waals surface area (Å²) < 4.78 is 49.9. The fraction of sp³-hybridized carbons (Fsp3) is 0.0714. The number of hydrogen-bond acceptors (Lipinski definition) is 4. The fourth-order valence-corrected chi connectivity index (χ4v) is 3.14. The summed E-state index contributed by atoms with van der Waals surface area (Å²) in [4.78, 5) is 13.6. The smallest absolute Gasteiger partial charge is 0.257 e. The zero-order valence-corrected chi connectivity index (χ0v) is 13.3. The molecule has 2 aromatic carbocycles. The van der Waals surface area contributed by atoms with Crippen molar-refractivity contribution in [3.8, 4) is 0 Å². The topological polar surface area (TPSA) is 75.3 Å². The summed E-state index contributed by atoms with van der Waals surface area (Å²) in [5.74, 6) is -1.86. The average Bonchev–Trinajstić information content (AvgIpc) is 2.53. The molecule has 9 heteroatoms. The van der Waals surface area contributed by atoms with Crippen molar-refractivity contribution in [3.05, 3.63) is 60.2 Å². The summed E-state index contributed by atoms with van der Waals surface area (Å²) in [7, 11) is -4.00. The number of rotatable bonds is 6. The second-order valence-electron chi connectivity index (χ2n) is 4.33. The molecule has 0 aliphatic carbocycles. The first kappa shape index (κ1) is 17.4. The molecule has 0 saturated carbocycles. The van der Waals surface area contributed by atoms with E-state index < -0.39 is 27.6 Å². The zero-order chi connectivity index (χ0) is 16.9. The van der Waals surface area contributed by atoms with Gasteiger partial charge in [-0.15, -0.1) is 16.6 Å². The molecule has 0 bridgehead atoms. The van der Waals surface area contributed by atoms with Gasteiger partial charge in [0.05, 0.1) is 10.6 Å². The summed E-state index contributed by atoms with van der Waals surface area (Å²) >= 11 is 0.932. The van der Waals surface area contributed by atoms with Crippen LogP contribution in [-0.2, 0) is 14.8 Å². The molecule has 1 amide bonds. The molecule has 0 unspecified atom stereocenters. The summed E-state index contributed by atoms with van der Waals surface area (Å²) in [6, 6.07) is 10.0. The first-order chi connectivity index (χ1) is 10.9. The molecule has 0 saturated heterocycles. The Balaban J connectivity index is 1.89. The van der Waals surface area contributed by atoms with Crippen molar-refractivity contribution in [2.24, 2.45) is 0 Å². The van der Waals surface area contributed by atoms with E-state index in [-0.39, 0.29) is 15.5 Å². The van der Waals surface area contributed by atoms with Gasteiger partial charge in [-0.2, -0.15) is 0 Å². The van der Waals surface area contributed by atoms with E-state index in [0.717, 1.165) is 36.0 Å². The van der Waals surface area contributed by atoms with Gasteiger partial charge in [0, 0.05) is 4.90 Å². The summed E-state index contributed by atoms with van der Waals surface area (Å²) in [6.45, 7) is 0. The third kappa shape index (κ3) is 5.02. The lowest BCUT2D eigenvalue weighted by atomic mass is 10.3. The Labute approximate surface area is 136 Å². The van der Waals surface area contributed by atoms with E-state index in [1.807, 2.05) is 10.3 Å². The highest BCUT2D eigenvalue weighted by Gasteiger charge is 2.15. The predicted molar refractivity (Wildman–Crippen MR) is 82.0 cm³/mol. The standard InChI is InChI=1S/C14H12F2N2O3S2/c15-10-5-7-11(8-6-10)23(20,21)18-17-14(19)9-22-13-4-2-1-3-12(13)16/h1-8,18H,9H2,(H,17,19). The molecule has 0 heterocycles. The number of hydrogen-bond donors (Lipinski definition) is 2. The third-order valence-electron chi connectivity index (χ3n) is 2.64. The Morgan fingerprint density at radius 1 is 1.04 bits per heavy atom. The molecule has 2 rings (SSSR count).